The number of nitrogens with one attached hydrogen (secondary N) is 1. The van der Waals surface area contributed by atoms with Crippen LogP contribution in [0.5, 0.6) is 5.75 Å². The molecule has 0 saturated heterocycles. The van der Waals surface area contributed by atoms with E-state index in [0.29, 0.717) is 0 Å². The van der Waals surface area contributed by atoms with Gasteiger partial charge in [0, 0.05) is 6.54 Å². The Balaban J connectivity index is 2.72. The van der Waals surface area contributed by atoms with Crippen LogP contribution in [0.2, 0.25) is 0 Å². The van der Waals surface area contributed by atoms with E-state index < -0.39 is 6.36 Å². The minimum atomic E-state index is -4.72. The lowest BCUT2D eigenvalue weighted by molar-refractivity contribution is -0.274. The summed E-state index contributed by atoms with van der Waals surface area (Å²) in [4.78, 5) is 0. The highest BCUT2D eigenvalue weighted by atomic mass is 19.4. The van der Waals surface area contributed by atoms with E-state index in [1.54, 1.807) is 6.07 Å². The van der Waals surface area contributed by atoms with Crippen LogP contribution in [0.3, 0.4) is 0 Å². The molecule has 0 spiro atoms. The van der Waals surface area contributed by atoms with Gasteiger partial charge in [-0.25, -0.2) is 0 Å². The molecule has 86 valence electrons. The Bertz CT molecular complexity index is 384. The summed E-state index contributed by atoms with van der Waals surface area (Å²) in [6, 6.07) is 7.57. The van der Waals surface area contributed by atoms with Crippen LogP contribution in [-0.4, -0.2) is 12.9 Å². The number of nitriles is 1. The van der Waals surface area contributed by atoms with Crippen LogP contribution in [0, 0.1) is 11.3 Å². The van der Waals surface area contributed by atoms with Crippen molar-refractivity contribution in [2.45, 2.75) is 12.8 Å². The molecule has 0 fully saturated rings. The van der Waals surface area contributed by atoms with Crippen molar-refractivity contribution >= 4 is 5.69 Å². The molecule has 0 atom stereocenters. The highest BCUT2D eigenvalue weighted by molar-refractivity contribution is 5.56. The summed E-state index contributed by atoms with van der Waals surface area (Å²) >= 11 is 0. The number of hydrogen-bond donors (Lipinski definition) is 1. The van der Waals surface area contributed by atoms with E-state index in [1.165, 1.54) is 18.2 Å². The zero-order chi connectivity index (χ0) is 12.0. The number of alkyl halides is 3. The average molecular weight is 230 g/mol. The molecule has 1 aromatic rings. The molecule has 16 heavy (non-hydrogen) atoms. The van der Waals surface area contributed by atoms with Crippen LogP contribution < -0.4 is 10.1 Å². The first-order chi connectivity index (χ1) is 7.53. The van der Waals surface area contributed by atoms with Crippen molar-refractivity contribution in [1.82, 2.24) is 0 Å². The Kier molecular flexibility index (Phi) is 4.00. The molecule has 0 aliphatic carbocycles. The van der Waals surface area contributed by atoms with E-state index in [0.717, 1.165) is 0 Å². The molecule has 0 aromatic heterocycles. The summed E-state index contributed by atoms with van der Waals surface area (Å²) in [5.74, 6) is -0.298. The smallest absolute Gasteiger partial charge is 0.404 e. The van der Waals surface area contributed by atoms with Gasteiger partial charge in [0.25, 0.3) is 0 Å². The van der Waals surface area contributed by atoms with E-state index in [9.17, 15) is 13.2 Å². The van der Waals surface area contributed by atoms with Crippen LogP contribution in [0.25, 0.3) is 0 Å². The van der Waals surface area contributed by atoms with Crippen molar-refractivity contribution in [3.63, 3.8) is 0 Å². The van der Waals surface area contributed by atoms with Gasteiger partial charge in [-0.3, -0.25) is 0 Å². The molecule has 0 radical (unpaired) electrons. The number of ether oxygens (including phenoxy) is 1. The van der Waals surface area contributed by atoms with E-state index in [4.69, 9.17) is 5.26 Å². The molecule has 0 amide bonds. The van der Waals surface area contributed by atoms with Crippen LogP contribution in [0.15, 0.2) is 24.3 Å². The molecule has 6 heteroatoms. The van der Waals surface area contributed by atoms with Crippen LogP contribution >= 0.6 is 0 Å². The predicted octanol–water partition coefficient (Wildman–Crippen LogP) is 2.91. The number of halogens is 3. The van der Waals surface area contributed by atoms with Crippen molar-refractivity contribution in [1.29, 1.82) is 5.26 Å². The zero-order valence-corrected chi connectivity index (χ0v) is 8.21. The molecule has 0 aliphatic heterocycles. The average Bonchev–Trinajstić information content (AvgIpc) is 2.19. The quantitative estimate of drug-likeness (QED) is 0.809. The second kappa shape index (κ2) is 5.26. The predicted molar refractivity (Wildman–Crippen MR) is 51.8 cm³/mol. The van der Waals surface area contributed by atoms with Gasteiger partial charge in [-0.05, 0) is 12.1 Å². The summed E-state index contributed by atoms with van der Waals surface area (Å²) in [6.45, 7) is 0.273. The first kappa shape index (κ1) is 12.2. The zero-order valence-electron chi connectivity index (χ0n) is 8.21. The summed E-state index contributed by atoms with van der Waals surface area (Å²) in [7, 11) is 0. The Morgan fingerprint density at radius 1 is 1.31 bits per heavy atom. The summed E-state index contributed by atoms with van der Waals surface area (Å²) in [5, 5.41) is 11.0. The van der Waals surface area contributed by atoms with Gasteiger partial charge >= 0.3 is 6.36 Å². The second-order valence-corrected chi connectivity index (χ2v) is 2.88. The fourth-order valence-electron chi connectivity index (χ4n) is 1.08. The largest absolute Gasteiger partial charge is 0.573 e. The molecule has 3 nitrogen and oxygen atoms in total. The number of para-hydroxylation sites is 2. The summed E-state index contributed by atoms with van der Waals surface area (Å²) in [6.07, 6.45) is -4.51. The Hall–Kier alpha value is -1.90. The first-order valence-corrected chi connectivity index (χ1v) is 4.48. The third-order valence-electron chi connectivity index (χ3n) is 1.66. The van der Waals surface area contributed by atoms with E-state index in [1.807, 2.05) is 6.07 Å². The maximum absolute atomic E-state index is 12.0. The van der Waals surface area contributed by atoms with Crippen LogP contribution in [0.1, 0.15) is 6.42 Å². The topological polar surface area (TPSA) is 45.0 Å². The Labute approximate surface area is 90.4 Å². The molecule has 0 unspecified atom stereocenters. The van der Waals surface area contributed by atoms with E-state index >= 15 is 0 Å². The van der Waals surface area contributed by atoms with E-state index in [2.05, 4.69) is 10.1 Å². The third-order valence-corrected chi connectivity index (χ3v) is 1.66. The standard InChI is InChI=1S/C10H9F3N2O/c11-10(12,13)16-9-5-2-1-4-8(9)15-7-3-6-14/h1-2,4-5,15H,3,7H2. The maximum Gasteiger partial charge on any atom is 0.573 e. The maximum atomic E-state index is 12.0. The Morgan fingerprint density at radius 2 is 2.00 bits per heavy atom. The van der Waals surface area contributed by atoms with Gasteiger partial charge in [-0.1, -0.05) is 12.1 Å². The number of hydrogen-bond acceptors (Lipinski definition) is 3. The molecule has 1 N–H and O–H groups in total. The highest BCUT2D eigenvalue weighted by Gasteiger charge is 2.31. The lowest BCUT2D eigenvalue weighted by Crippen LogP contribution is -2.18. The Morgan fingerprint density at radius 3 is 2.62 bits per heavy atom. The number of nitrogens with zero attached hydrogens (tertiary/aromatic N) is 1. The minimum Gasteiger partial charge on any atom is -0.404 e. The fraction of sp³-hybridized carbons (Fsp3) is 0.300. The monoisotopic (exact) mass is 230 g/mol. The molecule has 1 aromatic carbocycles. The molecular formula is C10H9F3N2O. The van der Waals surface area contributed by atoms with Crippen LogP contribution in [-0.2, 0) is 0 Å². The molecule has 0 heterocycles. The van der Waals surface area contributed by atoms with Gasteiger partial charge in [0.2, 0.25) is 0 Å². The molecule has 0 aliphatic rings. The van der Waals surface area contributed by atoms with Gasteiger partial charge in [-0.2, -0.15) is 5.26 Å². The highest BCUT2D eigenvalue weighted by Crippen LogP contribution is 2.29. The van der Waals surface area contributed by atoms with Gasteiger partial charge in [0.1, 0.15) is 0 Å². The van der Waals surface area contributed by atoms with Gasteiger partial charge in [0.05, 0.1) is 18.2 Å². The minimum absolute atomic E-state index is 0.209. The van der Waals surface area contributed by atoms with Crippen molar-refractivity contribution in [2.24, 2.45) is 0 Å². The summed E-state index contributed by atoms with van der Waals surface area (Å²) < 4.78 is 39.8. The molecule has 1 rings (SSSR count). The first-order valence-electron chi connectivity index (χ1n) is 4.48. The van der Waals surface area contributed by atoms with Crippen LogP contribution in [0.4, 0.5) is 18.9 Å². The SMILES string of the molecule is N#CCCNc1ccccc1OC(F)(F)F. The van der Waals surface area contributed by atoms with Gasteiger partial charge < -0.3 is 10.1 Å². The van der Waals surface area contributed by atoms with Crippen molar-refractivity contribution in [3.8, 4) is 11.8 Å². The number of benzene rings is 1. The second-order valence-electron chi connectivity index (χ2n) is 2.88. The van der Waals surface area contributed by atoms with E-state index in [-0.39, 0.29) is 24.4 Å². The lowest BCUT2D eigenvalue weighted by atomic mass is 10.3. The molecule has 0 saturated carbocycles. The normalized spacial score (nSPS) is 10.6. The summed E-state index contributed by atoms with van der Waals surface area (Å²) in [5.41, 5.74) is 0.218. The van der Waals surface area contributed by atoms with Crippen molar-refractivity contribution < 1.29 is 17.9 Å². The number of anilines is 1. The lowest BCUT2D eigenvalue weighted by Gasteiger charge is -2.13. The van der Waals surface area contributed by atoms with Crippen molar-refractivity contribution in [3.05, 3.63) is 24.3 Å². The molecular weight excluding hydrogens is 221 g/mol. The third kappa shape index (κ3) is 4.09. The number of rotatable bonds is 4. The molecule has 0 bridgehead atoms. The van der Waals surface area contributed by atoms with Crippen molar-refractivity contribution in [2.75, 3.05) is 11.9 Å². The van der Waals surface area contributed by atoms with Gasteiger partial charge in [0.15, 0.2) is 5.75 Å². The fourth-order valence-corrected chi connectivity index (χ4v) is 1.08. The van der Waals surface area contributed by atoms with Gasteiger partial charge in [-0.15, -0.1) is 13.2 Å².